The van der Waals surface area contributed by atoms with Gasteiger partial charge in [0.05, 0.1) is 5.60 Å². The van der Waals surface area contributed by atoms with Gasteiger partial charge in [-0.3, -0.25) is 0 Å². The Morgan fingerprint density at radius 3 is 2.21 bits per heavy atom. The van der Waals surface area contributed by atoms with Crippen LogP contribution in [0, 0.1) is 0 Å². The average molecular weight is 281 g/mol. The lowest BCUT2D eigenvalue weighted by molar-refractivity contribution is -0.137. The summed E-state index contributed by atoms with van der Waals surface area (Å²) in [6.45, 7) is 2.50. The van der Waals surface area contributed by atoms with E-state index in [0.717, 1.165) is 25.7 Å². The summed E-state index contributed by atoms with van der Waals surface area (Å²) in [6, 6.07) is -0.284. The number of hydrogen-bond acceptors (Lipinski definition) is 2. The molecule has 0 aliphatic heterocycles. The van der Waals surface area contributed by atoms with Crippen LogP contribution in [-0.4, -0.2) is 24.4 Å². The lowest BCUT2D eigenvalue weighted by Crippen LogP contribution is -2.50. The third-order valence-electron chi connectivity index (χ3n) is 4.03. The number of nitrogens with two attached hydrogens (primary N) is 1. The van der Waals surface area contributed by atoms with Crippen LogP contribution < -0.4 is 5.73 Å². The molecule has 5 heteroatoms. The smallest absolute Gasteiger partial charge is 0.374 e. The predicted molar refractivity (Wildman–Crippen MR) is 69.9 cm³/mol. The molecule has 0 aromatic heterocycles. The van der Waals surface area contributed by atoms with E-state index in [0.29, 0.717) is 13.0 Å². The molecule has 1 fully saturated rings. The van der Waals surface area contributed by atoms with Gasteiger partial charge in [-0.25, -0.2) is 0 Å². The monoisotopic (exact) mass is 281 g/mol. The van der Waals surface area contributed by atoms with Gasteiger partial charge in [0.2, 0.25) is 0 Å². The van der Waals surface area contributed by atoms with Crippen LogP contribution in [0.1, 0.15) is 64.7 Å². The SMILES string of the molecule is CCOC1(C(N)CCCC(F)(F)F)CCCCCC1. The summed E-state index contributed by atoms with van der Waals surface area (Å²) in [6.07, 6.45) is 1.89. The highest BCUT2D eigenvalue weighted by molar-refractivity contribution is 4.92. The molecule has 2 nitrogen and oxygen atoms in total. The van der Waals surface area contributed by atoms with Crippen molar-refractivity contribution < 1.29 is 17.9 Å². The average Bonchev–Trinajstić information content (AvgIpc) is 2.54. The Kier molecular flexibility index (Phi) is 6.60. The molecule has 2 N–H and O–H groups in total. The molecule has 19 heavy (non-hydrogen) atoms. The van der Waals surface area contributed by atoms with Crippen LogP contribution in [0.5, 0.6) is 0 Å². The number of hydrogen-bond donors (Lipinski definition) is 1. The minimum Gasteiger partial charge on any atom is -0.374 e. The van der Waals surface area contributed by atoms with E-state index >= 15 is 0 Å². The number of alkyl halides is 3. The number of rotatable bonds is 6. The zero-order valence-corrected chi connectivity index (χ0v) is 11.8. The standard InChI is InChI=1S/C14H26F3NO/c1-2-19-13(9-5-3-4-6-10-13)12(18)8-7-11-14(15,16)17/h12H,2-11,18H2,1H3. The van der Waals surface area contributed by atoms with Crippen molar-refractivity contribution in [1.82, 2.24) is 0 Å². The molecule has 1 rings (SSSR count). The molecule has 114 valence electrons. The summed E-state index contributed by atoms with van der Waals surface area (Å²) >= 11 is 0. The molecule has 1 unspecified atom stereocenters. The van der Waals surface area contributed by atoms with Crippen molar-refractivity contribution in [3.8, 4) is 0 Å². The van der Waals surface area contributed by atoms with E-state index in [9.17, 15) is 13.2 Å². The van der Waals surface area contributed by atoms with Crippen LogP contribution in [0.3, 0.4) is 0 Å². The summed E-state index contributed by atoms with van der Waals surface area (Å²) in [5, 5.41) is 0. The van der Waals surface area contributed by atoms with Gasteiger partial charge in [-0.15, -0.1) is 0 Å². The van der Waals surface area contributed by atoms with Crippen molar-refractivity contribution in [2.45, 2.75) is 82.5 Å². The van der Waals surface area contributed by atoms with Gasteiger partial charge in [0.15, 0.2) is 0 Å². The molecule has 1 aliphatic rings. The third kappa shape index (κ3) is 5.69. The van der Waals surface area contributed by atoms with E-state index in [-0.39, 0.29) is 12.5 Å². The maximum atomic E-state index is 12.2. The van der Waals surface area contributed by atoms with Crippen LogP contribution in [0.15, 0.2) is 0 Å². The second-order valence-corrected chi connectivity index (χ2v) is 5.53. The third-order valence-corrected chi connectivity index (χ3v) is 4.03. The van der Waals surface area contributed by atoms with E-state index in [1.807, 2.05) is 6.92 Å². The van der Waals surface area contributed by atoms with E-state index in [1.165, 1.54) is 12.8 Å². The van der Waals surface area contributed by atoms with E-state index in [1.54, 1.807) is 0 Å². The normalized spacial score (nSPS) is 21.9. The molecule has 0 amide bonds. The van der Waals surface area contributed by atoms with Crippen molar-refractivity contribution in [3.63, 3.8) is 0 Å². The highest BCUT2D eigenvalue weighted by Crippen LogP contribution is 2.35. The summed E-state index contributed by atoms with van der Waals surface area (Å²) in [4.78, 5) is 0. The van der Waals surface area contributed by atoms with Gasteiger partial charge in [-0.2, -0.15) is 13.2 Å². The van der Waals surface area contributed by atoms with Gasteiger partial charge in [0.1, 0.15) is 0 Å². The Hall–Kier alpha value is -0.290. The van der Waals surface area contributed by atoms with Gasteiger partial charge in [-0.05, 0) is 32.6 Å². The minimum absolute atomic E-state index is 0.0967. The molecule has 1 saturated carbocycles. The summed E-state index contributed by atoms with van der Waals surface area (Å²) < 4.78 is 42.4. The number of ether oxygens (including phenoxy) is 1. The Labute approximate surface area is 113 Å². The van der Waals surface area contributed by atoms with Gasteiger partial charge >= 0.3 is 6.18 Å². The molecule has 0 radical (unpaired) electrons. The second-order valence-electron chi connectivity index (χ2n) is 5.53. The Morgan fingerprint density at radius 2 is 1.74 bits per heavy atom. The molecular weight excluding hydrogens is 255 g/mol. The summed E-state index contributed by atoms with van der Waals surface area (Å²) in [5.74, 6) is 0. The van der Waals surface area contributed by atoms with Crippen molar-refractivity contribution in [3.05, 3.63) is 0 Å². The highest BCUT2D eigenvalue weighted by Gasteiger charge is 2.38. The first-order chi connectivity index (χ1) is 8.90. The van der Waals surface area contributed by atoms with Crippen LogP contribution in [0.25, 0.3) is 0 Å². The Balaban J connectivity index is 2.53. The molecule has 0 aromatic carbocycles. The fourth-order valence-electron chi connectivity index (χ4n) is 3.02. The quantitative estimate of drug-likeness (QED) is 0.741. The van der Waals surface area contributed by atoms with Crippen LogP contribution in [0.4, 0.5) is 13.2 Å². The van der Waals surface area contributed by atoms with Gasteiger partial charge in [0.25, 0.3) is 0 Å². The van der Waals surface area contributed by atoms with E-state index in [2.05, 4.69) is 0 Å². The molecule has 0 saturated heterocycles. The Morgan fingerprint density at radius 1 is 1.16 bits per heavy atom. The van der Waals surface area contributed by atoms with Crippen LogP contribution >= 0.6 is 0 Å². The molecular formula is C14H26F3NO. The fraction of sp³-hybridized carbons (Fsp3) is 1.00. The van der Waals surface area contributed by atoms with Crippen LogP contribution in [-0.2, 0) is 4.74 Å². The van der Waals surface area contributed by atoms with E-state index < -0.39 is 18.2 Å². The molecule has 0 heterocycles. The lowest BCUT2D eigenvalue weighted by atomic mass is 9.84. The van der Waals surface area contributed by atoms with Crippen molar-refractivity contribution in [1.29, 1.82) is 0 Å². The fourth-order valence-corrected chi connectivity index (χ4v) is 3.02. The maximum absolute atomic E-state index is 12.2. The largest absolute Gasteiger partial charge is 0.389 e. The zero-order valence-electron chi connectivity index (χ0n) is 11.8. The first-order valence-corrected chi connectivity index (χ1v) is 7.36. The number of halogens is 3. The summed E-state index contributed by atoms with van der Waals surface area (Å²) in [7, 11) is 0. The maximum Gasteiger partial charge on any atom is 0.389 e. The van der Waals surface area contributed by atoms with Gasteiger partial charge in [-0.1, -0.05) is 25.7 Å². The van der Waals surface area contributed by atoms with E-state index in [4.69, 9.17) is 10.5 Å². The molecule has 1 atom stereocenters. The van der Waals surface area contributed by atoms with Gasteiger partial charge < -0.3 is 10.5 Å². The molecule has 1 aliphatic carbocycles. The molecule has 0 aromatic rings. The lowest BCUT2D eigenvalue weighted by Gasteiger charge is -2.38. The van der Waals surface area contributed by atoms with Crippen LogP contribution in [0.2, 0.25) is 0 Å². The minimum atomic E-state index is -4.08. The molecule has 0 bridgehead atoms. The van der Waals surface area contributed by atoms with Crippen molar-refractivity contribution in [2.75, 3.05) is 6.61 Å². The van der Waals surface area contributed by atoms with Crippen molar-refractivity contribution >= 4 is 0 Å². The van der Waals surface area contributed by atoms with Crippen molar-refractivity contribution in [2.24, 2.45) is 5.73 Å². The highest BCUT2D eigenvalue weighted by atomic mass is 19.4. The van der Waals surface area contributed by atoms with Gasteiger partial charge in [0, 0.05) is 19.1 Å². The first kappa shape index (κ1) is 16.8. The zero-order chi connectivity index (χ0) is 14.4. The Bertz CT molecular complexity index is 248. The predicted octanol–water partition coefficient (Wildman–Crippen LogP) is 4.18. The topological polar surface area (TPSA) is 35.2 Å². The summed E-state index contributed by atoms with van der Waals surface area (Å²) in [5.41, 5.74) is 5.78. The molecule has 0 spiro atoms. The first-order valence-electron chi connectivity index (χ1n) is 7.36. The second kappa shape index (κ2) is 7.48.